The Morgan fingerprint density at radius 1 is 1.19 bits per heavy atom. The highest BCUT2D eigenvalue weighted by Gasteiger charge is 2.11. The van der Waals surface area contributed by atoms with Crippen LogP contribution in [0, 0.1) is 0 Å². The van der Waals surface area contributed by atoms with Crippen molar-refractivity contribution in [3.63, 3.8) is 0 Å². The topological polar surface area (TPSA) is 67.5 Å². The first-order valence-corrected chi connectivity index (χ1v) is 9.87. The summed E-state index contributed by atoms with van der Waals surface area (Å²) in [5, 5.41) is 7.84. The second-order valence-corrected chi connectivity index (χ2v) is 7.80. The van der Waals surface area contributed by atoms with Crippen molar-refractivity contribution in [2.24, 2.45) is 5.10 Å². The molecule has 0 bridgehead atoms. The number of aromatic nitrogens is 1. The van der Waals surface area contributed by atoms with Gasteiger partial charge < -0.3 is 4.42 Å². The van der Waals surface area contributed by atoms with Crippen LogP contribution in [0.3, 0.4) is 0 Å². The van der Waals surface area contributed by atoms with Crippen LogP contribution in [0.1, 0.15) is 5.56 Å². The summed E-state index contributed by atoms with van der Waals surface area (Å²) in [6.07, 6.45) is 1.69. The van der Waals surface area contributed by atoms with Crippen LogP contribution >= 0.6 is 38.9 Å². The van der Waals surface area contributed by atoms with E-state index in [1.54, 1.807) is 35.9 Å². The lowest BCUT2D eigenvalue weighted by atomic mass is 10.1. The molecule has 2 heterocycles. The fraction of sp³-hybridized carbons (Fsp3) is 0. The number of hydrogen-bond acceptors (Lipinski definition) is 6. The molecule has 27 heavy (non-hydrogen) atoms. The van der Waals surface area contributed by atoms with Crippen molar-refractivity contribution >= 4 is 61.2 Å². The van der Waals surface area contributed by atoms with Crippen molar-refractivity contribution in [2.75, 3.05) is 5.43 Å². The molecule has 1 N–H and O–H groups in total. The van der Waals surface area contributed by atoms with E-state index < -0.39 is 5.63 Å². The molecule has 2 aromatic carbocycles. The van der Waals surface area contributed by atoms with Gasteiger partial charge in [0, 0.05) is 20.3 Å². The molecule has 0 spiro atoms. The van der Waals surface area contributed by atoms with Crippen LogP contribution in [0.15, 0.2) is 72.7 Å². The van der Waals surface area contributed by atoms with Gasteiger partial charge in [-0.25, -0.2) is 9.78 Å². The molecule has 0 aliphatic rings. The standard InChI is InChI=1S/C19H11BrClN3O2S/c20-13-3-1-11(2-4-13)9-22-24-19-23-16(10-27-19)15-8-12-7-14(21)5-6-17(12)26-18(15)25/h1-10H,(H,23,24)/b22-9-. The normalized spacial score (nSPS) is 11.3. The van der Waals surface area contributed by atoms with E-state index >= 15 is 0 Å². The maximum Gasteiger partial charge on any atom is 0.345 e. The number of nitrogens with one attached hydrogen (secondary N) is 1. The minimum atomic E-state index is -0.444. The van der Waals surface area contributed by atoms with Crippen LogP contribution in [0.4, 0.5) is 5.13 Å². The Kier molecular flexibility index (Phi) is 5.07. The largest absolute Gasteiger partial charge is 0.422 e. The van der Waals surface area contributed by atoms with E-state index in [0.29, 0.717) is 27.0 Å². The van der Waals surface area contributed by atoms with Gasteiger partial charge in [-0.2, -0.15) is 5.10 Å². The van der Waals surface area contributed by atoms with Crippen LogP contribution in [0.2, 0.25) is 5.02 Å². The Hall–Kier alpha value is -2.48. The van der Waals surface area contributed by atoms with Crippen molar-refractivity contribution in [3.8, 4) is 11.3 Å². The summed E-state index contributed by atoms with van der Waals surface area (Å²) >= 11 is 10.8. The number of anilines is 1. The molecule has 0 amide bonds. The number of fused-ring (bicyclic) bond motifs is 1. The van der Waals surface area contributed by atoms with Gasteiger partial charge in [-0.15, -0.1) is 11.3 Å². The lowest BCUT2D eigenvalue weighted by molar-refractivity contribution is 0.563. The fourth-order valence-corrected chi connectivity index (χ4v) is 3.54. The van der Waals surface area contributed by atoms with E-state index in [1.165, 1.54) is 11.3 Å². The zero-order valence-electron chi connectivity index (χ0n) is 13.6. The number of hydrogen-bond donors (Lipinski definition) is 1. The van der Waals surface area contributed by atoms with E-state index in [4.69, 9.17) is 16.0 Å². The highest BCUT2D eigenvalue weighted by Crippen LogP contribution is 2.26. The predicted molar refractivity (Wildman–Crippen MR) is 114 cm³/mol. The number of thiazole rings is 1. The minimum Gasteiger partial charge on any atom is -0.422 e. The molecule has 8 heteroatoms. The van der Waals surface area contributed by atoms with Crippen molar-refractivity contribution in [1.82, 2.24) is 4.98 Å². The van der Waals surface area contributed by atoms with E-state index in [9.17, 15) is 4.79 Å². The SMILES string of the molecule is O=c1oc2ccc(Cl)cc2cc1-c1csc(N/N=C\c2ccc(Br)cc2)n1. The van der Waals surface area contributed by atoms with Gasteiger partial charge in [-0.05, 0) is 42.0 Å². The predicted octanol–water partition coefficient (Wildman–Crippen LogP) is 5.78. The van der Waals surface area contributed by atoms with Gasteiger partial charge in [0.25, 0.3) is 0 Å². The van der Waals surface area contributed by atoms with Gasteiger partial charge in [0.05, 0.1) is 17.5 Å². The first-order valence-electron chi connectivity index (χ1n) is 7.82. The monoisotopic (exact) mass is 459 g/mol. The molecule has 2 aromatic heterocycles. The summed E-state index contributed by atoms with van der Waals surface area (Å²) in [4.78, 5) is 16.7. The quantitative estimate of drug-likeness (QED) is 0.238. The third kappa shape index (κ3) is 4.10. The van der Waals surface area contributed by atoms with Gasteiger partial charge >= 0.3 is 5.63 Å². The molecule has 0 radical (unpaired) electrons. The van der Waals surface area contributed by atoms with E-state index in [-0.39, 0.29) is 0 Å². The second-order valence-electron chi connectivity index (χ2n) is 5.59. The van der Waals surface area contributed by atoms with Crippen LogP contribution in [-0.2, 0) is 0 Å². The van der Waals surface area contributed by atoms with Gasteiger partial charge in [0.15, 0.2) is 0 Å². The maximum absolute atomic E-state index is 12.3. The summed E-state index contributed by atoms with van der Waals surface area (Å²) in [6, 6.07) is 14.6. The minimum absolute atomic E-state index is 0.381. The van der Waals surface area contributed by atoms with Gasteiger partial charge in [-0.3, -0.25) is 5.43 Å². The molecule has 4 aromatic rings. The lowest BCUT2D eigenvalue weighted by Gasteiger charge is -2.00. The van der Waals surface area contributed by atoms with Crippen LogP contribution < -0.4 is 11.1 Å². The number of nitrogens with zero attached hydrogens (tertiary/aromatic N) is 2. The highest BCUT2D eigenvalue weighted by molar-refractivity contribution is 9.10. The first kappa shape index (κ1) is 17.9. The summed E-state index contributed by atoms with van der Waals surface area (Å²) in [6.45, 7) is 0. The van der Waals surface area contributed by atoms with E-state index in [1.807, 2.05) is 24.3 Å². The van der Waals surface area contributed by atoms with Crippen LogP contribution in [0.25, 0.3) is 22.2 Å². The molecular weight excluding hydrogens is 450 g/mol. The van der Waals surface area contributed by atoms with E-state index in [0.717, 1.165) is 15.4 Å². The zero-order valence-corrected chi connectivity index (χ0v) is 16.8. The number of benzene rings is 2. The molecule has 0 atom stereocenters. The molecule has 0 fully saturated rings. The van der Waals surface area contributed by atoms with Crippen molar-refractivity contribution in [1.29, 1.82) is 0 Å². The Labute approximate surface area is 171 Å². The zero-order chi connectivity index (χ0) is 18.8. The second kappa shape index (κ2) is 7.64. The number of rotatable bonds is 4. The average Bonchev–Trinajstić information content (AvgIpc) is 3.12. The smallest absolute Gasteiger partial charge is 0.345 e. The Morgan fingerprint density at radius 2 is 2.00 bits per heavy atom. The van der Waals surface area contributed by atoms with Crippen molar-refractivity contribution in [3.05, 3.63) is 79.4 Å². The van der Waals surface area contributed by atoms with Crippen molar-refractivity contribution in [2.45, 2.75) is 0 Å². The summed E-state index contributed by atoms with van der Waals surface area (Å²) in [5.41, 5.74) is 4.78. The average molecular weight is 461 g/mol. The molecule has 5 nitrogen and oxygen atoms in total. The molecule has 0 saturated carbocycles. The van der Waals surface area contributed by atoms with Crippen LogP contribution in [0.5, 0.6) is 0 Å². The lowest BCUT2D eigenvalue weighted by Crippen LogP contribution is -2.03. The molecule has 0 unspecified atom stereocenters. The van der Waals surface area contributed by atoms with E-state index in [2.05, 4.69) is 31.4 Å². The third-order valence-electron chi connectivity index (χ3n) is 3.72. The van der Waals surface area contributed by atoms with Crippen molar-refractivity contribution < 1.29 is 4.42 Å². The fourth-order valence-electron chi connectivity index (χ4n) is 2.43. The molecule has 0 saturated heterocycles. The Morgan fingerprint density at radius 3 is 2.81 bits per heavy atom. The first-order chi connectivity index (χ1) is 13.1. The Bertz CT molecular complexity index is 1200. The highest BCUT2D eigenvalue weighted by atomic mass is 79.9. The number of halogens is 2. The summed E-state index contributed by atoms with van der Waals surface area (Å²) < 4.78 is 6.36. The Balaban J connectivity index is 1.57. The molecule has 134 valence electrons. The number of hydrazone groups is 1. The molecular formula is C19H11BrClN3O2S. The van der Waals surface area contributed by atoms with Gasteiger partial charge in [0.2, 0.25) is 5.13 Å². The van der Waals surface area contributed by atoms with Gasteiger partial charge in [0.1, 0.15) is 5.58 Å². The molecule has 0 aliphatic carbocycles. The van der Waals surface area contributed by atoms with Crippen LogP contribution in [-0.4, -0.2) is 11.2 Å². The van der Waals surface area contributed by atoms with Gasteiger partial charge in [-0.1, -0.05) is 39.7 Å². The third-order valence-corrected chi connectivity index (χ3v) is 5.23. The molecule has 0 aliphatic heterocycles. The summed E-state index contributed by atoms with van der Waals surface area (Å²) in [7, 11) is 0. The summed E-state index contributed by atoms with van der Waals surface area (Å²) in [5.74, 6) is 0. The maximum atomic E-state index is 12.3. The molecule has 4 rings (SSSR count).